The fourth-order valence-corrected chi connectivity index (χ4v) is 2.05. The molecule has 0 saturated carbocycles. The molecule has 0 bridgehead atoms. The maximum Gasteiger partial charge on any atom is 0.167 e. The van der Waals surface area contributed by atoms with Crippen molar-refractivity contribution < 1.29 is 14.2 Å². The Balaban J connectivity index is 1.99. The maximum absolute atomic E-state index is 13.9. The standard InChI is InChI=1S/C10H12FN5O2/c11-10(2-17)1-6(18-3-10)16-5-15-7-8(12)13-4-14-9(7)16/h4-6,17H,1-3H2,(H2,12,13,14)/t6-,10+/m0/s1. The van der Waals surface area contributed by atoms with Crippen molar-refractivity contribution in [2.75, 3.05) is 18.9 Å². The van der Waals surface area contributed by atoms with Gasteiger partial charge in [-0.25, -0.2) is 19.3 Å². The molecule has 0 aliphatic carbocycles. The van der Waals surface area contributed by atoms with Crippen LogP contribution in [0.4, 0.5) is 10.2 Å². The summed E-state index contributed by atoms with van der Waals surface area (Å²) in [5, 5.41) is 8.97. The van der Waals surface area contributed by atoms with Crippen LogP contribution >= 0.6 is 0 Å². The zero-order valence-corrected chi connectivity index (χ0v) is 9.45. The number of halogens is 1. The van der Waals surface area contributed by atoms with Crippen LogP contribution in [0.25, 0.3) is 11.2 Å². The van der Waals surface area contributed by atoms with Crippen LogP contribution < -0.4 is 5.73 Å². The van der Waals surface area contributed by atoms with E-state index in [2.05, 4.69) is 15.0 Å². The van der Waals surface area contributed by atoms with Crippen LogP contribution in [0.3, 0.4) is 0 Å². The molecule has 8 heteroatoms. The summed E-state index contributed by atoms with van der Waals surface area (Å²) < 4.78 is 20.8. The summed E-state index contributed by atoms with van der Waals surface area (Å²) >= 11 is 0. The third-order valence-corrected chi connectivity index (χ3v) is 3.06. The number of rotatable bonds is 2. The highest BCUT2D eigenvalue weighted by molar-refractivity contribution is 5.81. The molecule has 96 valence electrons. The molecule has 0 unspecified atom stereocenters. The maximum atomic E-state index is 13.9. The van der Waals surface area contributed by atoms with E-state index in [1.54, 1.807) is 4.57 Å². The fraction of sp³-hybridized carbons (Fsp3) is 0.500. The number of nitrogen functional groups attached to an aromatic ring is 1. The number of aromatic nitrogens is 4. The van der Waals surface area contributed by atoms with E-state index in [0.29, 0.717) is 11.2 Å². The van der Waals surface area contributed by atoms with Crippen molar-refractivity contribution in [1.82, 2.24) is 19.5 Å². The molecule has 0 spiro atoms. The van der Waals surface area contributed by atoms with Gasteiger partial charge in [-0.3, -0.25) is 4.57 Å². The number of aliphatic hydroxyl groups excluding tert-OH is 1. The van der Waals surface area contributed by atoms with Gasteiger partial charge in [-0.2, -0.15) is 0 Å². The molecule has 0 radical (unpaired) electrons. The lowest BCUT2D eigenvalue weighted by Gasteiger charge is -2.14. The van der Waals surface area contributed by atoms with E-state index in [4.69, 9.17) is 15.6 Å². The quantitative estimate of drug-likeness (QED) is 0.783. The first kappa shape index (κ1) is 11.3. The predicted octanol–water partition coefficient (Wildman–Crippen LogP) is 0.0280. The Morgan fingerprint density at radius 2 is 2.39 bits per heavy atom. The molecule has 1 aliphatic heterocycles. The first-order chi connectivity index (χ1) is 8.63. The zero-order valence-electron chi connectivity index (χ0n) is 9.45. The third kappa shape index (κ3) is 1.61. The van der Waals surface area contributed by atoms with E-state index in [9.17, 15) is 4.39 Å². The summed E-state index contributed by atoms with van der Waals surface area (Å²) in [5.74, 6) is 0.269. The van der Waals surface area contributed by atoms with Crippen molar-refractivity contribution in [3.63, 3.8) is 0 Å². The zero-order chi connectivity index (χ0) is 12.8. The van der Waals surface area contributed by atoms with Gasteiger partial charge in [0.1, 0.15) is 18.1 Å². The summed E-state index contributed by atoms with van der Waals surface area (Å²) in [7, 11) is 0. The molecule has 2 atom stereocenters. The molecule has 2 aromatic heterocycles. The van der Waals surface area contributed by atoms with Crippen molar-refractivity contribution in [3.05, 3.63) is 12.7 Å². The second-order valence-corrected chi connectivity index (χ2v) is 4.36. The van der Waals surface area contributed by atoms with Crippen molar-refractivity contribution in [2.45, 2.75) is 18.3 Å². The van der Waals surface area contributed by atoms with Crippen LogP contribution in [0.5, 0.6) is 0 Å². The first-order valence-corrected chi connectivity index (χ1v) is 5.47. The SMILES string of the molecule is Nc1ncnc2c1ncn2[C@@H]1C[C@@](F)(CO)CO1. The fourth-order valence-electron chi connectivity index (χ4n) is 2.05. The van der Waals surface area contributed by atoms with Crippen LogP contribution in [0, 0.1) is 0 Å². The number of hydrogen-bond donors (Lipinski definition) is 2. The van der Waals surface area contributed by atoms with Gasteiger partial charge in [0.2, 0.25) is 0 Å². The summed E-state index contributed by atoms with van der Waals surface area (Å²) in [6.45, 7) is -0.707. The number of fused-ring (bicyclic) bond motifs is 1. The molecule has 0 amide bonds. The Bertz CT molecular complexity index is 589. The molecular weight excluding hydrogens is 241 g/mol. The average molecular weight is 253 g/mol. The molecule has 3 rings (SSSR count). The smallest absolute Gasteiger partial charge is 0.167 e. The minimum atomic E-state index is -1.71. The molecule has 1 aliphatic rings. The Kier molecular flexibility index (Phi) is 2.42. The minimum Gasteiger partial charge on any atom is -0.393 e. The number of nitrogens with two attached hydrogens (primary N) is 1. The van der Waals surface area contributed by atoms with Crippen LogP contribution in [0.2, 0.25) is 0 Å². The van der Waals surface area contributed by atoms with Crippen LogP contribution in [0.15, 0.2) is 12.7 Å². The number of aliphatic hydroxyl groups is 1. The van der Waals surface area contributed by atoms with Gasteiger partial charge in [0.15, 0.2) is 17.1 Å². The second-order valence-electron chi connectivity index (χ2n) is 4.36. The molecule has 3 heterocycles. The monoisotopic (exact) mass is 253 g/mol. The molecule has 3 N–H and O–H groups in total. The Hall–Kier alpha value is -1.80. The Morgan fingerprint density at radius 3 is 3.11 bits per heavy atom. The lowest BCUT2D eigenvalue weighted by molar-refractivity contribution is 0.0302. The van der Waals surface area contributed by atoms with Crippen LogP contribution in [-0.2, 0) is 4.74 Å². The normalized spacial score (nSPS) is 28.0. The van der Waals surface area contributed by atoms with Gasteiger partial charge < -0.3 is 15.6 Å². The van der Waals surface area contributed by atoms with Gasteiger partial charge in [0.05, 0.1) is 19.5 Å². The summed E-state index contributed by atoms with van der Waals surface area (Å²) in [6, 6.07) is 0. The van der Waals surface area contributed by atoms with Gasteiger partial charge in [-0.1, -0.05) is 0 Å². The number of alkyl halides is 1. The molecule has 1 fully saturated rings. The van der Waals surface area contributed by atoms with Gasteiger partial charge in [0, 0.05) is 6.42 Å². The molecule has 7 nitrogen and oxygen atoms in total. The number of imidazole rings is 1. The van der Waals surface area contributed by atoms with Gasteiger partial charge in [-0.05, 0) is 0 Å². The molecule has 2 aromatic rings. The van der Waals surface area contributed by atoms with Crippen LogP contribution in [0.1, 0.15) is 12.6 Å². The number of ether oxygens (including phenoxy) is 1. The summed E-state index contributed by atoms with van der Waals surface area (Å²) in [5.41, 5.74) is 4.91. The van der Waals surface area contributed by atoms with Crippen LogP contribution in [-0.4, -0.2) is 43.5 Å². The van der Waals surface area contributed by atoms with Gasteiger partial charge in [0.25, 0.3) is 0 Å². The second kappa shape index (κ2) is 3.85. The van der Waals surface area contributed by atoms with Crippen molar-refractivity contribution in [1.29, 1.82) is 0 Å². The lowest BCUT2D eigenvalue weighted by atomic mass is 10.1. The molecule has 0 aromatic carbocycles. The third-order valence-electron chi connectivity index (χ3n) is 3.06. The molecular formula is C10H12FN5O2. The van der Waals surface area contributed by atoms with E-state index < -0.39 is 18.5 Å². The van der Waals surface area contributed by atoms with Gasteiger partial charge in [-0.15, -0.1) is 0 Å². The minimum absolute atomic E-state index is 0.0544. The van der Waals surface area contributed by atoms with Crippen molar-refractivity contribution in [2.24, 2.45) is 0 Å². The Morgan fingerprint density at radius 1 is 1.56 bits per heavy atom. The van der Waals surface area contributed by atoms with E-state index >= 15 is 0 Å². The van der Waals surface area contributed by atoms with Crippen molar-refractivity contribution in [3.8, 4) is 0 Å². The van der Waals surface area contributed by atoms with Gasteiger partial charge >= 0.3 is 0 Å². The topological polar surface area (TPSA) is 99.1 Å². The largest absolute Gasteiger partial charge is 0.393 e. The van der Waals surface area contributed by atoms with E-state index in [1.165, 1.54) is 12.7 Å². The highest BCUT2D eigenvalue weighted by Crippen LogP contribution is 2.35. The molecule has 18 heavy (non-hydrogen) atoms. The van der Waals surface area contributed by atoms with E-state index in [1.807, 2.05) is 0 Å². The molecule has 1 saturated heterocycles. The summed E-state index contributed by atoms with van der Waals surface area (Å²) in [4.78, 5) is 12.0. The number of anilines is 1. The van der Waals surface area contributed by atoms with E-state index in [0.717, 1.165) is 0 Å². The number of nitrogens with zero attached hydrogens (tertiary/aromatic N) is 4. The lowest BCUT2D eigenvalue weighted by Crippen LogP contribution is -2.27. The first-order valence-electron chi connectivity index (χ1n) is 5.47. The Labute approximate surface area is 101 Å². The predicted molar refractivity (Wildman–Crippen MR) is 60.3 cm³/mol. The van der Waals surface area contributed by atoms with Crippen molar-refractivity contribution >= 4 is 17.0 Å². The highest BCUT2D eigenvalue weighted by atomic mass is 19.1. The highest BCUT2D eigenvalue weighted by Gasteiger charge is 2.41. The van der Waals surface area contributed by atoms with E-state index in [-0.39, 0.29) is 18.8 Å². The summed E-state index contributed by atoms with van der Waals surface area (Å²) in [6.07, 6.45) is 2.32. The average Bonchev–Trinajstić information content (AvgIpc) is 2.94. The number of hydrogen-bond acceptors (Lipinski definition) is 6.